The van der Waals surface area contributed by atoms with Crippen molar-refractivity contribution in [2.45, 2.75) is 6.92 Å². The molecule has 0 aliphatic carbocycles. The number of rotatable bonds is 6. The van der Waals surface area contributed by atoms with E-state index in [4.69, 9.17) is 4.74 Å². The summed E-state index contributed by atoms with van der Waals surface area (Å²) in [5, 5.41) is 7.03. The van der Waals surface area contributed by atoms with Gasteiger partial charge in [0, 0.05) is 42.6 Å². The summed E-state index contributed by atoms with van der Waals surface area (Å²) in [7, 11) is 1.59. The number of nitrogens with zero attached hydrogens (tertiary/aromatic N) is 2. The van der Waals surface area contributed by atoms with Gasteiger partial charge < -0.3 is 15.4 Å². The van der Waals surface area contributed by atoms with Crippen LogP contribution in [-0.2, 0) is 0 Å². The number of nitrogens with one attached hydrogen (secondary N) is 2. The van der Waals surface area contributed by atoms with Crippen LogP contribution in [-0.4, -0.2) is 36.1 Å². The number of aromatic nitrogens is 2. The molecule has 3 aromatic rings. The van der Waals surface area contributed by atoms with Crippen molar-refractivity contribution in [1.29, 1.82) is 0 Å². The van der Waals surface area contributed by atoms with Crippen molar-refractivity contribution >= 4 is 22.5 Å². The summed E-state index contributed by atoms with van der Waals surface area (Å²) < 4.78 is 5.38. The van der Waals surface area contributed by atoms with Crippen LogP contribution in [0.2, 0.25) is 0 Å². The van der Waals surface area contributed by atoms with Crippen molar-refractivity contribution in [3.8, 4) is 5.75 Å². The second kappa shape index (κ2) is 7.61. The van der Waals surface area contributed by atoms with Crippen molar-refractivity contribution in [2.24, 2.45) is 0 Å². The molecule has 0 bridgehead atoms. The summed E-state index contributed by atoms with van der Waals surface area (Å²) in [5.41, 5.74) is 3.15. The third kappa shape index (κ3) is 3.85. The van der Waals surface area contributed by atoms with Crippen LogP contribution in [0.15, 0.2) is 48.8 Å². The van der Waals surface area contributed by atoms with E-state index < -0.39 is 0 Å². The molecule has 6 heteroatoms. The molecule has 2 heterocycles. The van der Waals surface area contributed by atoms with Gasteiger partial charge in [0.1, 0.15) is 11.4 Å². The van der Waals surface area contributed by atoms with Crippen molar-refractivity contribution in [1.82, 2.24) is 15.3 Å². The molecule has 25 heavy (non-hydrogen) atoms. The number of para-hydroxylation sites is 1. The molecule has 0 atom stereocenters. The first-order valence-electron chi connectivity index (χ1n) is 8.05. The summed E-state index contributed by atoms with van der Waals surface area (Å²) in [5.74, 6) is 0.415. The van der Waals surface area contributed by atoms with Gasteiger partial charge in [-0.05, 0) is 30.7 Å². The van der Waals surface area contributed by atoms with Crippen LogP contribution in [0, 0.1) is 6.92 Å². The minimum absolute atomic E-state index is 0.225. The highest BCUT2D eigenvalue weighted by Gasteiger charge is 2.12. The molecular formula is C19H20N4O2. The van der Waals surface area contributed by atoms with Crippen LogP contribution < -0.4 is 15.4 Å². The maximum atomic E-state index is 12.4. The van der Waals surface area contributed by atoms with Crippen molar-refractivity contribution < 1.29 is 9.53 Å². The molecule has 2 aromatic heterocycles. The predicted octanol–water partition coefficient (Wildman–Crippen LogP) is 2.79. The second-order valence-electron chi connectivity index (χ2n) is 5.60. The number of methoxy groups -OCH3 is 1. The standard InChI is InChI=1S/C19H20N4O2/c1-13-12-20-8-7-15(13)21-9-10-22-19(24)17-11-18(25-2)14-5-3-4-6-16(14)23-17/h3-8,11-12H,9-10H2,1-2H3,(H,20,21)(H,22,24). The van der Waals surface area contributed by atoms with Crippen LogP contribution in [0.1, 0.15) is 16.1 Å². The Kier molecular flexibility index (Phi) is 5.09. The zero-order chi connectivity index (χ0) is 17.6. The van der Waals surface area contributed by atoms with Crippen molar-refractivity contribution in [3.63, 3.8) is 0 Å². The quantitative estimate of drug-likeness (QED) is 0.677. The van der Waals surface area contributed by atoms with Gasteiger partial charge in [0.05, 0.1) is 12.6 Å². The molecule has 0 saturated heterocycles. The van der Waals surface area contributed by atoms with Crippen LogP contribution >= 0.6 is 0 Å². The Morgan fingerprint density at radius 1 is 1.20 bits per heavy atom. The Morgan fingerprint density at radius 2 is 2.04 bits per heavy atom. The predicted molar refractivity (Wildman–Crippen MR) is 98.1 cm³/mol. The van der Waals surface area contributed by atoms with Gasteiger partial charge in [-0.3, -0.25) is 9.78 Å². The van der Waals surface area contributed by atoms with E-state index in [1.54, 1.807) is 25.6 Å². The molecular weight excluding hydrogens is 316 g/mol. The lowest BCUT2D eigenvalue weighted by Gasteiger charge is -2.11. The van der Waals surface area contributed by atoms with Crippen LogP contribution in [0.25, 0.3) is 10.9 Å². The fourth-order valence-electron chi connectivity index (χ4n) is 2.56. The Balaban J connectivity index is 1.63. The smallest absolute Gasteiger partial charge is 0.270 e. The van der Waals surface area contributed by atoms with Gasteiger partial charge >= 0.3 is 0 Å². The highest BCUT2D eigenvalue weighted by molar-refractivity contribution is 5.97. The van der Waals surface area contributed by atoms with Gasteiger partial charge in [0.15, 0.2) is 0 Å². The minimum atomic E-state index is -0.225. The van der Waals surface area contributed by atoms with E-state index in [0.29, 0.717) is 24.5 Å². The molecule has 0 fully saturated rings. The summed E-state index contributed by atoms with van der Waals surface area (Å²) in [6.45, 7) is 3.08. The summed E-state index contributed by atoms with van der Waals surface area (Å²) >= 11 is 0. The Bertz CT molecular complexity index is 895. The molecule has 6 nitrogen and oxygen atoms in total. The van der Waals surface area contributed by atoms with Crippen LogP contribution in [0.3, 0.4) is 0 Å². The molecule has 128 valence electrons. The van der Waals surface area contributed by atoms with E-state index in [9.17, 15) is 4.79 Å². The summed E-state index contributed by atoms with van der Waals surface area (Å²) in [4.78, 5) is 20.8. The largest absolute Gasteiger partial charge is 0.496 e. The number of carbonyl (C=O) groups excluding carboxylic acids is 1. The number of anilines is 1. The fraction of sp³-hybridized carbons (Fsp3) is 0.211. The Morgan fingerprint density at radius 3 is 2.84 bits per heavy atom. The maximum absolute atomic E-state index is 12.4. The lowest BCUT2D eigenvalue weighted by molar-refractivity contribution is 0.0950. The molecule has 1 amide bonds. The zero-order valence-corrected chi connectivity index (χ0v) is 14.2. The third-order valence-corrected chi connectivity index (χ3v) is 3.88. The van der Waals surface area contributed by atoms with E-state index in [1.165, 1.54) is 0 Å². The molecule has 0 aliphatic heterocycles. The number of benzene rings is 1. The molecule has 0 aliphatic rings. The number of amides is 1. The lowest BCUT2D eigenvalue weighted by atomic mass is 10.2. The zero-order valence-electron chi connectivity index (χ0n) is 14.2. The average molecular weight is 336 g/mol. The number of pyridine rings is 2. The van der Waals surface area contributed by atoms with Gasteiger partial charge in [0.25, 0.3) is 5.91 Å². The minimum Gasteiger partial charge on any atom is -0.496 e. The third-order valence-electron chi connectivity index (χ3n) is 3.88. The number of fused-ring (bicyclic) bond motifs is 1. The lowest BCUT2D eigenvalue weighted by Crippen LogP contribution is -2.29. The Hall–Kier alpha value is -3.15. The first-order valence-corrected chi connectivity index (χ1v) is 8.05. The molecule has 3 rings (SSSR count). The van der Waals surface area contributed by atoms with Crippen molar-refractivity contribution in [3.05, 3.63) is 60.0 Å². The summed E-state index contributed by atoms with van der Waals surface area (Å²) in [6.07, 6.45) is 3.53. The maximum Gasteiger partial charge on any atom is 0.270 e. The van der Waals surface area contributed by atoms with Crippen LogP contribution in [0.4, 0.5) is 5.69 Å². The van der Waals surface area contributed by atoms with Gasteiger partial charge in [-0.25, -0.2) is 4.98 Å². The molecule has 0 spiro atoms. The highest BCUT2D eigenvalue weighted by Crippen LogP contribution is 2.24. The van der Waals surface area contributed by atoms with Gasteiger partial charge in [0.2, 0.25) is 0 Å². The van der Waals surface area contributed by atoms with E-state index in [1.807, 2.05) is 37.3 Å². The van der Waals surface area contributed by atoms with E-state index in [2.05, 4.69) is 20.6 Å². The molecule has 2 N–H and O–H groups in total. The summed E-state index contributed by atoms with van der Waals surface area (Å²) in [6, 6.07) is 11.2. The number of hydrogen-bond acceptors (Lipinski definition) is 5. The Labute approximate surface area is 146 Å². The normalized spacial score (nSPS) is 10.5. The van der Waals surface area contributed by atoms with E-state index in [-0.39, 0.29) is 5.91 Å². The molecule has 0 saturated carbocycles. The average Bonchev–Trinajstić information content (AvgIpc) is 2.65. The second-order valence-corrected chi connectivity index (χ2v) is 5.60. The van der Waals surface area contributed by atoms with Gasteiger partial charge in [-0.1, -0.05) is 12.1 Å². The van der Waals surface area contributed by atoms with Crippen LogP contribution in [0.5, 0.6) is 5.75 Å². The van der Waals surface area contributed by atoms with Gasteiger partial charge in [-0.15, -0.1) is 0 Å². The monoisotopic (exact) mass is 336 g/mol. The molecule has 0 radical (unpaired) electrons. The SMILES string of the molecule is COc1cc(C(=O)NCCNc2ccncc2C)nc2ccccc12. The van der Waals surface area contributed by atoms with E-state index in [0.717, 1.165) is 22.2 Å². The molecule has 1 aromatic carbocycles. The van der Waals surface area contributed by atoms with Gasteiger partial charge in [-0.2, -0.15) is 0 Å². The van der Waals surface area contributed by atoms with Crippen molar-refractivity contribution in [2.75, 3.05) is 25.5 Å². The first-order chi connectivity index (χ1) is 12.2. The number of hydrogen-bond donors (Lipinski definition) is 2. The van der Waals surface area contributed by atoms with E-state index >= 15 is 0 Å². The number of carbonyl (C=O) groups is 1. The number of ether oxygens (including phenoxy) is 1. The topological polar surface area (TPSA) is 76.1 Å². The number of aryl methyl sites for hydroxylation is 1. The fourth-order valence-corrected chi connectivity index (χ4v) is 2.56. The highest BCUT2D eigenvalue weighted by atomic mass is 16.5. The first kappa shape index (κ1) is 16.7. The molecule has 0 unspecified atom stereocenters.